The number of anilines is 3. The van der Waals surface area contributed by atoms with E-state index in [-0.39, 0.29) is 23.0 Å². The zero-order valence-corrected chi connectivity index (χ0v) is 31.4. The number of hydrogen-bond donors (Lipinski definition) is 0. The summed E-state index contributed by atoms with van der Waals surface area (Å²) in [5.74, 6) is 0. The van der Waals surface area contributed by atoms with Crippen LogP contribution in [0.4, 0.5) is 17.1 Å². The van der Waals surface area contributed by atoms with Crippen LogP contribution < -0.4 is 21.3 Å². The van der Waals surface area contributed by atoms with Gasteiger partial charge in [0.1, 0.15) is 11.2 Å². The third-order valence-corrected chi connectivity index (χ3v) is 11.3. The van der Waals surface area contributed by atoms with Crippen LogP contribution in [0.2, 0.25) is 0 Å². The third kappa shape index (κ3) is 4.92. The van der Waals surface area contributed by atoms with Crippen LogP contribution in [0.15, 0.2) is 120 Å². The summed E-state index contributed by atoms with van der Waals surface area (Å²) in [5.41, 5.74) is 18.9. The highest BCUT2D eigenvalue weighted by Crippen LogP contribution is 2.46. The smallest absolute Gasteiger partial charge is 0.248 e. The van der Waals surface area contributed by atoms with E-state index in [1.165, 1.54) is 77.8 Å². The van der Waals surface area contributed by atoms with Crippen LogP contribution in [0.3, 0.4) is 0 Å². The molecule has 0 unspecified atom stereocenters. The molecule has 252 valence electrons. The van der Waals surface area contributed by atoms with Crippen molar-refractivity contribution in [3.8, 4) is 22.3 Å². The lowest BCUT2D eigenvalue weighted by atomic mass is 9.37. The maximum atomic E-state index is 6.42. The van der Waals surface area contributed by atoms with Crippen LogP contribution in [-0.4, -0.2) is 6.71 Å². The van der Waals surface area contributed by atoms with Gasteiger partial charge >= 0.3 is 0 Å². The Kier molecular flexibility index (Phi) is 6.73. The van der Waals surface area contributed by atoms with Gasteiger partial charge in [-0.25, -0.2) is 0 Å². The first-order valence-electron chi connectivity index (χ1n) is 18.5. The number of hydrogen-bond acceptors (Lipinski definition) is 2. The molecule has 0 amide bonds. The van der Waals surface area contributed by atoms with Gasteiger partial charge in [0.15, 0.2) is 0 Å². The molecule has 0 saturated carbocycles. The summed E-state index contributed by atoms with van der Waals surface area (Å²) in [7, 11) is 0. The van der Waals surface area contributed by atoms with Gasteiger partial charge in [0.2, 0.25) is 6.71 Å². The number of nitrogens with zero attached hydrogens (tertiary/aromatic N) is 1. The molecule has 0 atom stereocenters. The lowest BCUT2D eigenvalue weighted by molar-refractivity contribution is 0.590. The fourth-order valence-corrected chi connectivity index (χ4v) is 8.47. The van der Waals surface area contributed by atoms with E-state index >= 15 is 0 Å². The highest BCUT2D eigenvalue weighted by atomic mass is 16.3. The molecule has 0 radical (unpaired) electrons. The second kappa shape index (κ2) is 10.7. The fraction of sp³-hybridized carbons (Fsp3) is 0.250. The predicted molar refractivity (Wildman–Crippen MR) is 220 cm³/mol. The molecule has 0 spiro atoms. The van der Waals surface area contributed by atoms with Gasteiger partial charge in [-0.05, 0) is 109 Å². The molecule has 0 aliphatic carbocycles. The normalized spacial score (nSPS) is 13.9. The van der Waals surface area contributed by atoms with E-state index in [0.29, 0.717) is 0 Å². The minimum atomic E-state index is 0.00835. The van der Waals surface area contributed by atoms with Crippen LogP contribution in [-0.2, 0) is 16.2 Å². The van der Waals surface area contributed by atoms with Crippen molar-refractivity contribution in [2.75, 3.05) is 4.90 Å². The molecular formula is C48H46BNO. The first-order valence-corrected chi connectivity index (χ1v) is 18.5. The van der Waals surface area contributed by atoms with Gasteiger partial charge in [-0.3, -0.25) is 0 Å². The lowest BCUT2D eigenvalue weighted by Crippen LogP contribution is -2.54. The van der Waals surface area contributed by atoms with Crippen molar-refractivity contribution >= 4 is 62.1 Å². The van der Waals surface area contributed by atoms with Gasteiger partial charge in [0.05, 0.1) is 0 Å². The number of furan rings is 1. The molecule has 3 heterocycles. The number of benzene rings is 6. The molecule has 51 heavy (non-hydrogen) atoms. The Bertz CT molecular complexity index is 2550. The van der Waals surface area contributed by atoms with Crippen LogP contribution in [0.25, 0.3) is 44.2 Å². The molecule has 6 aromatic carbocycles. The summed E-state index contributed by atoms with van der Waals surface area (Å²) in [5, 5.41) is 2.33. The Morgan fingerprint density at radius 3 is 1.88 bits per heavy atom. The lowest BCUT2D eigenvalue weighted by Gasteiger charge is -2.38. The Labute approximate surface area is 303 Å². The number of rotatable bonds is 2. The third-order valence-electron chi connectivity index (χ3n) is 11.3. The highest BCUT2D eigenvalue weighted by Gasteiger charge is 2.43. The largest absolute Gasteiger partial charge is 0.456 e. The van der Waals surface area contributed by atoms with Crippen molar-refractivity contribution in [1.29, 1.82) is 0 Å². The van der Waals surface area contributed by atoms with Crippen molar-refractivity contribution in [3.05, 3.63) is 132 Å². The molecule has 0 N–H and O–H groups in total. The average molecular weight is 664 g/mol. The summed E-state index contributed by atoms with van der Waals surface area (Å²) in [4.78, 5) is 2.57. The summed E-state index contributed by atoms with van der Waals surface area (Å²) in [6.07, 6.45) is 0. The molecule has 2 aliphatic heterocycles. The molecule has 1 aromatic heterocycles. The number of fused-ring (bicyclic) bond motifs is 8. The molecule has 2 nitrogen and oxygen atoms in total. The molecule has 3 heteroatoms. The van der Waals surface area contributed by atoms with E-state index in [4.69, 9.17) is 4.42 Å². The number of para-hydroxylation sites is 1. The Morgan fingerprint density at radius 1 is 0.490 bits per heavy atom. The van der Waals surface area contributed by atoms with Crippen molar-refractivity contribution < 1.29 is 4.42 Å². The van der Waals surface area contributed by atoms with E-state index in [0.717, 1.165) is 16.6 Å². The zero-order valence-electron chi connectivity index (χ0n) is 31.4. The monoisotopic (exact) mass is 663 g/mol. The predicted octanol–water partition coefficient (Wildman–Crippen LogP) is 11.4. The van der Waals surface area contributed by atoms with Crippen molar-refractivity contribution in [3.63, 3.8) is 0 Å². The highest BCUT2D eigenvalue weighted by molar-refractivity contribution is 7.01. The standard InChI is InChI=1S/C48H46BNO/c1-46(2,3)30-14-12-15-33(26-30)50-40-28-32(48(7,8)9)21-23-39(40)49-38-22-20-31(47(4,5)6)27-36(38)37-24-29(25-41(50)45(37)49)34-17-13-19-43-44(34)35-16-10-11-18-42(35)51-43/h10-28H,1-9H3. The van der Waals surface area contributed by atoms with Gasteiger partial charge in [-0.1, -0.05) is 141 Å². The van der Waals surface area contributed by atoms with Crippen molar-refractivity contribution in [2.45, 2.75) is 78.6 Å². The van der Waals surface area contributed by atoms with Crippen molar-refractivity contribution in [1.82, 2.24) is 0 Å². The molecule has 0 fully saturated rings. The summed E-state index contributed by atoms with van der Waals surface area (Å²) < 4.78 is 6.42. The van der Waals surface area contributed by atoms with Gasteiger partial charge in [0, 0.05) is 27.8 Å². The van der Waals surface area contributed by atoms with Gasteiger partial charge in [0.25, 0.3) is 0 Å². The topological polar surface area (TPSA) is 16.4 Å². The fourth-order valence-electron chi connectivity index (χ4n) is 8.47. The summed E-state index contributed by atoms with van der Waals surface area (Å²) in [6.45, 7) is 21.0. The summed E-state index contributed by atoms with van der Waals surface area (Å²) in [6, 6.07) is 43.7. The van der Waals surface area contributed by atoms with Crippen LogP contribution in [0.5, 0.6) is 0 Å². The second-order valence-corrected chi connectivity index (χ2v) is 17.9. The Balaban J connectivity index is 1.41. The van der Waals surface area contributed by atoms with E-state index in [2.05, 4.69) is 182 Å². The molecule has 0 bridgehead atoms. The van der Waals surface area contributed by atoms with E-state index in [9.17, 15) is 0 Å². The van der Waals surface area contributed by atoms with Crippen LogP contribution >= 0.6 is 0 Å². The van der Waals surface area contributed by atoms with E-state index in [1.54, 1.807) is 0 Å². The minimum absolute atomic E-state index is 0.00835. The first kappa shape index (κ1) is 31.9. The average Bonchev–Trinajstić information content (AvgIpc) is 3.63. The van der Waals surface area contributed by atoms with Gasteiger partial charge in [-0.15, -0.1) is 0 Å². The van der Waals surface area contributed by atoms with Gasteiger partial charge in [-0.2, -0.15) is 0 Å². The SMILES string of the molecule is CC(C)(C)c1cccc(N2c3cc(C(C)(C)C)ccc3B3c4ccc(C(C)(C)C)cc4-c4cc(-c5cccc6oc7ccccc7c56)cc2c43)c1. The molecular weight excluding hydrogens is 617 g/mol. The van der Waals surface area contributed by atoms with Crippen LogP contribution in [0, 0.1) is 0 Å². The Hall–Kier alpha value is -5.02. The molecule has 0 saturated heterocycles. The molecule has 2 aliphatic rings. The second-order valence-electron chi connectivity index (χ2n) is 17.9. The van der Waals surface area contributed by atoms with Crippen molar-refractivity contribution in [2.24, 2.45) is 0 Å². The van der Waals surface area contributed by atoms with E-state index in [1.807, 2.05) is 0 Å². The maximum absolute atomic E-state index is 6.42. The zero-order chi connectivity index (χ0) is 35.6. The van der Waals surface area contributed by atoms with Gasteiger partial charge < -0.3 is 9.32 Å². The van der Waals surface area contributed by atoms with Crippen LogP contribution in [0.1, 0.15) is 79.0 Å². The first-order chi connectivity index (χ1) is 24.2. The minimum Gasteiger partial charge on any atom is -0.456 e. The summed E-state index contributed by atoms with van der Waals surface area (Å²) >= 11 is 0. The maximum Gasteiger partial charge on any atom is 0.248 e. The molecule has 9 rings (SSSR count). The quantitative estimate of drug-likeness (QED) is 0.171. The van der Waals surface area contributed by atoms with E-state index < -0.39 is 0 Å². The Morgan fingerprint density at radius 2 is 1.14 bits per heavy atom. The molecule has 7 aromatic rings.